The molecule has 2 aromatic rings. The lowest BCUT2D eigenvalue weighted by Crippen LogP contribution is -2.55. The molecule has 8 nitrogen and oxygen atoms in total. The van der Waals surface area contributed by atoms with E-state index in [4.69, 9.17) is 0 Å². The number of halogens is 1. The minimum Gasteiger partial charge on any atom is -0.351 e. The number of sulfonamides is 2. The van der Waals surface area contributed by atoms with E-state index < -0.39 is 48.8 Å². The SMILES string of the molecule is CS(=O)(=O)N1CCCC(NC(=O)[C@H](Cc2ccccc2)NS(=O)(=O)c2ccccc2F)C1. The van der Waals surface area contributed by atoms with Crippen molar-refractivity contribution in [3.63, 3.8) is 0 Å². The molecule has 2 aromatic carbocycles. The van der Waals surface area contributed by atoms with Crippen molar-refractivity contribution in [1.29, 1.82) is 0 Å². The van der Waals surface area contributed by atoms with Gasteiger partial charge in [-0.25, -0.2) is 25.5 Å². The van der Waals surface area contributed by atoms with Gasteiger partial charge in [0.2, 0.25) is 26.0 Å². The maximum atomic E-state index is 14.1. The molecule has 32 heavy (non-hydrogen) atoms. The van der Waals surface area contributed by atoms with Gasteiger partial charge in [0.25, 0.3) is 0 Å². The zero-order valence-corrected chi connectivity index (χ0v) is 19.2. The van der Waals surface area contributed by atoms with Crippen molar-refractivity contribution < 1.29 is 26.0 Å². The minimum absolute atomic E-state index is 0.0445. The summed E-state index contributed by atoms with van der Waals surface area (Å²) in [4.78, 5) is 12.5. The third kappa shape index (κ3) is 6.35. The van der Waals surface area contributed by atoms with E-state index in [9.17, 15) is 26.0 Å². The van der Waals surface area contributed by atoms with Gasteiger partial charge >= 0.3 is 0 Å². The Balaban J connectivity index is 1.81. The molecule has 0 saturated carbocycles. The highest BCUT2D eigenvalue weighted by Crippen LogP contribution is 2.16. The second kappa shape index (κ2) is 10.1. The summed E-state index contributed by atoms with van der Waals surface area (Å²) in [5, 5.41) is 2.76. The molecular formula is C21H26FN3O5S2. The van der Waals surface area contributed by atoms with Gasteiger partial charge in [0, 0.05) is 19.1 Å². The van der Waals surface area contributed by atoms with Crippen molar-refractivity contribution in [2.24, 2.45) is 0 Å². The lowest BCUT2D eigenvalue weighted by molar-refractivity contribution is -0.123. The standard InChI is InChI=1S/C21H26FN3O5S2/c1-31(27,28)25-13-7-10-17(15-25)23-21(26)19(14-16-8-3-2-4-9-16)24-32(29,30)20-12-6-5-11-18(20)22/h2-6,8-9,11-12,17,19,24H,7,10,13-15H2,1H3,(H,23,26)/t17?,19-/m0/s1. The molecule has 0 spiro atoms. The first kappa shape index (κ1) is 24.3. The summed E-state index contributed by atoms with van der Waals surface area (Å²) in [5.41, 5.74) is 0.713. The molecule has 1 saturated heterocycles. The zero-order chi connectivity index (χ0) is 23.4. The van der Waals surface area contributed by atoms with E-state index in [0.29, 0.717) is 24.9 Å². The molecular weight excluding hydrogens is 457 g/mol. The highest BCUT2D eigenvalue weighted by Gasteiger charge is 2.31. The van der Waals surface area contributed by atoms with Crippen LogP contribution in [0.3, 0.4) is 0 Å². The maximum absolute atomic E-state index is 14.1. The van der Waals surface area contributed by atoms with Gasteiger partial charge < -0.3 is 5.32 Å². The predicted molar refractivity (Wildman–Crippen MR) is 118 cm³/mol. The van der Waals surface area contributed by atoms with E-state index in [0.717, 1.165) is 18.4 Å². The zero-order valence-electron chi connectivity index (χ0n) is 17.6. The van der Waals surface area contributed by atoms with Crippen LogP contribution in [0.2, 0.25) is 0 Å². The number of amides is 1. The summed E-state index contributed by atoms with van der Waals surface area (Å²) in [6, 6.07) is 12.1. The van der Waals surface area contributed by atoms with E-state index in [2.05, 4.69) is 10.0 Å². The number of nitrogens with zero attached hydrogens (tertiary/aromatic N) is 1. The number of benzene rings is 2. The lowest BCUT2D eigenvalue weighted by atomic mass is 10.0. The third-order valence-corrected chi connectivity index (χ3v) is 8.00. The van der Waals surface area contributed by atoms with Crippen LogP contribution in [0.4, 0.5) is 4.39 Å². The summed E-state index contributed by atoms with van der Waals surface area (Å²) in [6.45, 7) is 0.487. The van der Waals surface area contributed by atoms with Gasteiger partial charge in [-0.15, -0.1) is 0 Å². The van der Waals surface area contributed by atoms with Crippen molar-refractivity contribution in [3.8, 4) is 0 Å². The fourth-order valence-corrected chi connectivity index (χ4v) is 5.80. The first-order valence-electron chi connectivity index (χ1n) is 10.1. The molecule has 3 rings (SSSR count). The van der Waals surface area contributed by atoms with Gasteiger partial charge in [-0.1, -0.05) is 42.5 Å². The fraction of sp³-hybridized carbons (Fsp3) is 0.381. The van der Waals surface area contributed by atoms with Crippen LogP contribution in [-0.4, -0.2) is 58.5 Å². The first-order valence-corrected chi connectivity index (χ1v) is 13.5. The van der Waals surface area contributed by atoms with E-state index in [1.807, 2.05) is 0 Å². The molecule has 0 aliphatic carbocycles. The number of carbonyl (C=O) groups is 1. The second-order valence-corrected chi connectivity index (χ2v) is 11.4. The number of nitrogens with one attached hydrogen (secondary N) is 2. The van der Waals surface area contributed by atoms with Gasteiger partial charge in [0.15, 0.2) is 0 Å². The highest BCUT2D eigenvalue weighted by atomic mass is 32.2. The molecule has 1 unspecified atom stereocenters. The second-order valence-electron chi connectivity index (χ2n) is 7.76. The van der Waals surface area contributed by atoms with Crippen LogP contribution in [-0.2, 0) is 31.3 Å². The van der Waals surface area contributed by atoms with Crippen LogP contribution in [0.15, 0.2) is 59.5 Å². The summed E-state index contributed by atoms with van der Waals surface area (Å²) < 4.78 is 67.1. The Bertz CT molecular complexity index is 1160. The van der Waals surface area contributed by atoms with Crippen molar-refractivity contribution in [2.45, 2.75) is 36.2 Å². The van der Waals surface area contributed by atoms with Crippen molar-refractivity contribution in [3.05, 3.63) is 66.0 Å². The largest absolute Gasteiger partial charge is 0.351 e. The molecule has 174 valence electrons. The summed E-state index contributed by atoms with van der Waals surface area (Å²) in [5.74, 6) is -1.52. The quantitative estimate of drug-likeness (QED) is 0.587. The Hall–Kier alpha value is -2.34. The molecule has 0 radical (unpaired) electrons. The van der Waals surface area contributed by atoms with Crippen LogP contribution >= 0.6 is 0 Å². The molecule has 1 fully saturated rings. The predicted octanol–water partition coefficient (Wildman–Crippen LogP) is 1.26. The van der Waals surface area contributed by atoms with Crippen LogP contribution in [0, 0.1) is 5.82 Å². The highest BCUT2D eigenvalue weighted by molar-refractivity contribution is 7.89. The summed E-state index contributed by atoms with van der Waals surface area (Å²) in [7, 11) is -7.73. The van der Waals surface area contributed by atoms with Crippen LogP contribution in [0.1, 0.15) is 18.4 Å². The number of rotatable bonds is 8. The molecule has 1 heterocycles. The molecule has 1 amide bonds. The van der Waals surface area contributed by atoms with E-state index in [1.54, 1.807) is 30.3 Å². The lowest BCUT2D eigenvalue weighted by Gasteiger charge is -2.32. The van der Waals surface area contributed by atoms with E-state index >= 15 is 0 Å². The molecule has 11 heteroatoms. The Labute approximate surface area is 187 Å². The van der Waals surface area contributed by atoms with E-state index in [1.165, 1.54) is 16.4 Å². The summed E-state index contributed by atoms with van der Waals surface area (Å²) in [6.07, 6.45) is 2.29. The van der Waals surface area contributed by atoms with Crippen LogP contribution in [0.5, 0.6) is 0 Å². The Kier molecular flexibility index (Phi) is 7.65. The number of hydrogen-bond acceptors (Lipinski definition) is 5. The molecule has 0 aromatic heterocycles. The Morgan fingerprint density at radius 1 is 1.09 bits per heavy atom. The monoisotopic (exact) mass is 483 g/mol. The normalized spacial score (nSPS) is 18.8. The first-order chi connectivity index (χ1) is 15.1. The minimum atomic E-state index is -4.32. The van der Waals surface area contributed by atoms with Crippen LogP contribution < -0.4 is 10.0 Å². The van der Waals surface area contributed by atoms with Gasteiger partial charge in [0.05, 0.1) is 6.26 Å². The fourth-order valence-electron chi connectivity index (χ4n) is 3.61. The van der Waals surface area contributed by atoms with Gasteiger partial charge in [0.1, 0.15) is 16.8 Å². The number of carbonyl (C=O) groups excluding carboxylic acids is 1. The van der Waals surface area contributed by atoms with Crippen molar-refractivity contribution >= 4 is 26.0 Å². The molecule has 1 aliphatic heterocycles. The Morgan fingerprint density at radius 3 is 2.41 bits per heavy atom. The molecule has 2 N–H and O–H groups in total. The summed E-state index contributed by atoms with van der Waals surface area (Å²) >= 11 is 0. The van der Waals surface area contributed by atoms with Crippen molar-refractivity contribution in [2.75, 3.05) is 19.3 Å². The average molecular weight is 484 g/mol. The smallest absolute Gasteiger partial charge is 0.244 e. The number of piperidine rings is 1. The third-order valence-electron chi connectivity index (χ3n) is 5.22. The van der Waals surface area contributed by atoms with E-state index in [-0.39, 0.29) is 13.0 Å². The molecule has 1 aliphatic rings. The topological polar surface area (TPSA) is 113 Å². The Morgan fingerprint density at radius 2 is 1.75 bits per heavy atom. The maximum Gasteiger partial charge on any atom is 0.244 e. The van der Waals surface area contributed by atoms with Gasteiger partial charge in [-0.2, -0.15) is 4.72 Å². The molecule has 2 atom stereocenters. The van der Waals surface area contributed by atoms with Crippen LogP contribution in [0.25, 0.3) is 0 Å². The molecule has 0 bridgehead atoms. The van der Waals surface area contributed by atoms with Crippen molar-refractivity contribution in [1.82, 2.24) is 14.3 Å². The number of hydrogen-bond donors (Lipinski definition) is 2. The average Bonchev–Trinajstić information content (AvgIpc) is 2.73. The van der Waals surface area contributed by atoms with Gasteiger partial charge in [-0.3, -0.25) is 4.79 Å². The van der Waals surface area contributed by atoms with Gasteiger partial charge in [-0.05, 0) is 37.0 Å².